The van der Waals surface area contributed by atoms with Crippen LogP contribution in [-0.4, -0.2) is 37.3 Å². The topological polar surface area (TPSA) is 74.8 Å². The van der Waals surface area contributed by atoms with Crippen LogP contribution in [0.5, 0.6) is 0 Å². The molecule has 21 heavy (non-hydrogen) atoms. The molecule has 3 aromatic rings. The first-order valence-electron chi connectivity index (χ1n) is 6.83. The smallest absolute Gasteiger partial charge is 0.292 e. The number of fused-ring (bicyclic) bond motifs is 2. The molecule has 4 rings (SSSR count). The highest BCUT2D eigenvalue weighted by Crippen LogP contribution is 2.17. The van der Waals surface area contributed by atoms with Gasteiger partial charge in [-0.1, -0.05) is 18.2 Å². The van der Waals surface area contributed by atoms with Crippen molar-refractivity contribution in [2.24, 2.45) is 0 Å². The number of carbonyl (C=O) groups is 1. The van der Waals surface area contributed by atoms with Crippen molar-refractivity contribution in [1.82, 2.24) is 24.8 Å². The summed E-state index contributed by atoms with van der Waals surface area (Å²) in [6, 6.07) is 7.65. The molecule has 6 heteroatoms. The van der Waals surface area contributed by atoms with Gasteiger partial charge in [-0.2, -0.15) is 0 Å². The molecule has 0 aliphatic carbocycles. The molecule has 1 aromatic carbocycles. The number of benzene rings is 1. The average molecular weight is 279 g/mol. The molecule has 1 N–H and O–H groups in total. The van der Waals surface area contributed by atoms with Crippen molar-refractivity contribution in [1.29, 1.82) is 0 Å². The number of aromatic amines is 1. The number of H-pyrrole nitrogens is 1. The van der Waals surface area contributed by atoms with Crippen molar-refractivity contribution < 1.29 is 4.79 Å². The van der Waals surface area contributed by atoms with Gasteiger partial charge in [-0.05, 0) is 6.07 Å². The number of nitrogens with one attached hydrogen (secondary N) is 1. The van der Waals surface area contributed by atoms with E-state index < -0.39 is 0 Å². The molecule has 2 aromatic heterocycles. The quantitative estimate of drug-likeness (QED) is 0.733. The Kier molecular flexibility index (Phi) is 2.67. The average Bonchev–Trinajstić information content (AvgIpc) is 3.01. The van der Waals surface area contributed by atoms with Gasteiger partial charge in [-0.15, -0.1) is 0 Å². The molecule has 0 saturated carbocycles. The molecule has 1 amide bonds. The summed E-state index contributed by atoms with van der Waals surface area (Å²) in [6.45, 7) is 1.18. The zero-order valence-electron chi connectivity index (χ0n) is 11.3. The molecule has 0 fully saturated rings. The first-order chi connectivity index (χ1) is 10.3. The van der Waals surface area contributed by atoms with Crippen molar-refractivity contribution in [3.05, 3.63) is 54.0 Å². The second-order valence-corrected chi connectivity index (χ2v) is 5.06. The van der Waals surface area contributed by atoms with Gasteiger partial charge in [-0.3, -0.25) is 4.79 Å². The number of carbonyl (C=O) groups excluding carboxylic acids is 1. The highest BCUT2D eigenvalue weighted by molar-refractivity contribution is 5.92. The normalized spacial score (nSPS) is 14.2. The highest BCUT2D eigenvalue weighted by Gasteiger charge is 2.25. The molecule has 104 valence electrons. The van der Waals surface area contributed by atoms with Gasteiger partial charge in [0.2, 0.25) is 5.82 Å². The first kappa shape index (κ1) is 12.0. The number of hydrogen-bond donors (Lipinski definition) is 1. The van der Waals surface area contributed by atoms with Crippen LogP contribution in [-0.2, 0) is 13.0 Å². The molecular formula is C15H13N5O. The van der Waals surface area contributed by atoms with Gasteiger partial charge in [0.1, 0.15) is 0 Å². The second-order valence-electron chi connectivity index (χ2n) is 5.06. The standard InChI is InChI=1S/C15H13N5O/c21-15(20-6-5-12-13(8-20)18-9-17-12)14-16-7-10-3-1-2-4-11(10)19-14/h1-4,7,9H,5-6,8H2,(H,17,18). The summed E-state index contributed by atoms with van der Waals surface area (Å²) in [4.78, 5) is 30.2. The fourth-order valence-corrected chi connectivity index (χ4v) is 2.60. The lowest BCUT2D eigenvalue weighted by Crippen LogP contribution is -2.37. The lowest BCUT2D eigenvalue weighted by molar-refractivity contribution is 0.0720. The lowest BCUT2D eigenvalue weighted by atomic mass is 10.1. The monoisotopic (exact) mass is 279 g/mol. The Hall–Kier alpha value is -2.76. The van der Waals surface area contributed by atoms with Crippen LogP contribution in [0.3, 0.4) is 0 Å². The van der Waals surface area contributed by atoms with Crippen molar-refractivity contribution >= 4 is 16.8 Å². The van der Waals surface area contributed by atoms with Crippen LogP contribution in [0.1, 0.15) is 22.0 Å². The van der Waals surface area contributed by atoms with E-state index in [0.29, 0.717) is 13.1 Å². The summed E-state index contributed by atoms with van der Waals surface area (Å²) in [5.74, 6) is 0.109. The molecule has 0 unspecified atom stereocenters. The summed E-state index contributed by atoms with van der Waals surface area (Å²) in [6.07, 6.45) is 4.13. The molecule has 3 heterocycles. The fraction of sp³-hybridized carbons (Fsp3) is 0.200. The molecule has 6 nitrogen and oxygen atoms in total. The number of rotatable bonds is 1. The number of nitrogens with zero attached hydrogens (tertiary/aromatic N) is 4. The lowest BCUT2D eigenvalue weighted by Gasteiger charge is -2.25. The van der Waals surface area contributed by atoms with E-state index in [4.69, 9.17) is 0 Å². The Morgan fingerprint density at radius 1 is 1.24 bits per heavy atom. The van der Waals surface area contributed by atoms with E-state index in [0.717, 1.165) is 28.7 Å². The predicted molar refractivity (Wildman–Crippen MR) is 76.6 cm³/mol. The number of aromatic nitrogens is 4. The first-order valence-corrected chi connectivity index (χ1v) is 6.83. The number of para-hydroxylation sites is 1. The predicted octanol–water partition coefficient (Wildman–Crippen LogP) is 1.55. The third kappa shape index (κ3) is 2.05. The molecule has 1 aliphatic rings. The maximum absolute atomic E-state index is 12.5. The summed E-state index contributed by atoms with van der Waals surface area (Å²) in [5, 5.41) is 0.934. The Balaban J connectivity index is 1.64. The SMILES string of the molecule is O=C(c1ncc2ccccc2n1)N1CCc2nc[nH]c2C1. The molecule has 0 spiro atoms. The molecule has 0 atom stereocenters. The molecule has 0 saturated heterocycles. The summed E-state index contributed by atoms with van der Waals surface area (Å²) < 4.78 is 0. The maximum Gasteiger partial charge on any atom is 0.292 e. The highest BCUT2D eigenvalue weighted by atomic mass is 16.2. The van der Waals surface area contributed by atoms with Gasteiger partial charge in [0.25, 0.3) is 5.91 Å². The van der Waals surface area contributed by atoms with Crippen LogP contribution in [0.2, 0.25) is 0 Å². The van der Waals surface area contributed by atoms with Crippen LogP contribution >= 0.6 is 0 Å². The molecule has 1 aliphatic heterocycles. The minimum absolute atomic E-state index is 0.138. The van der Waals surface area contributed by atoms with Crippen molar-refractivity contribution in [3.8, 4) is 0 Å². The van der Waals surface area contributed by atoms with Crippen molar-refractivity contribution in [2.75, 3.05) is 6.54 Å². The summed E-state index contributed by atoms with van der Waals surface area (Å²) >= 11 is 0. The fourth-order valence-electron chi connectivity index (χ4n) is 2.60. The zero-order chi connectivity index (χ0) is 14.2. The number of imidazole rings is 1. The minimum Gasteiger partial charge on any atom is -0.347 e. The van der Waals surface area contributed by atoms with Gasteiger partial charge in [0.05, 0.1) is 29.8 Å². The molecule has 0 bridgehead atoms. The van der Waals surface area contributed by atoms with Gasteiger partial charge >= 0.3 is 0 Å². The Morgan fingerprint density at radius 3 is 3.10 bits per heavy atom. The summed E-state index contributed by atoms with van der Waals surface area (Å²) in [5.41, 5.74) is 2.82. The van der Waals surface area contributed by atoms with E-state index in [-0.39, 0.29) is 11.7 Å². The van der Waals surface area contributed by atoms with E-state index in [1.807, 2.05) is 24.3 Å². The summed E-state index contributed by atoms with van der Waals surface area (Å²) in [7, 11) is 0. The van der Waals surface area contributed by atoms with E-state index in [1.54, 1.807) is 17.4 Å². The van der Waals surface area contributed by atoms with Gasteiger partial charge in [-0.25, -0.2) is 15.0 Å². The number of amides is 1. The van der Waals surface area contributed by atoms with Gasteiger partial charge in [0, 0.05) is 24.5 Å². The van der Waals surface area contributed by atoms with Gasteiger partial charge < -0.3 is 9.88 Å². The van der Waals surface area contributed by atoms with Crippen molar-refractivity contribution in [2.45, 2.75) is 13.0 Å². The largest absolute Gasteiger partial charge is 0.347 e. The van der Waals surface area contributed by atoms with E-state index >= 15 is 0 Å². The Labute approximate surface area is 120 Å². The number of hydrogen-bond acceptors (Lipinski definition) is 4. The van der Waals surface area contributed by atoms with Crippen LogP contribution in [0.4, 0.5) is 0 Å². The van der Waals surface area contributed by atoms with Crippen LogP contribution in [0, 0.1) is 0 Å². The van der Waals surface area contributed by atoms with Crippen LogP contribution < -0.4 is 0 Å². The van der Waals surface area contributed by atoms with Gasteiger partial charge in [0.15, 0.2) is 0 Å². The van der Waals surface area contributed by atoms with E-state index in [2.05, 4.69) is 19.9 Å². The molecule has 0 radical (unpaired) electrons. The molecular weight excluding hydrogens is 266 g/mol. The Bertz CT molecular complexity index is 826. The van der Waals surface area contributed by atoms with Crippen LogP contribution in [0.25, 0.3) is 10.9 Å². The van der Waals surface area contributed by atoms with E-state index in [9.17, 15) is 4.79 Å². The third-order valence-corrected chi connectivity index (χ3v) is 3.74. The second kappa shape index (κ2) is 4.66. The third-order valence-electron chi connectivity index (χ3n) is 3.74. The Morgan fingerprint density at radius 2 is 2.14 bits per heavy atom. The van der Waals surface area contributed by atoms with E-state index in [1.165, 1.54) is 0 Å². The van der Waals surface area contributed by atoms with Crippen molar-refractivity contribution in [3.63, 3.8) is 0 Å². The zero-order valence-corrected chi connectivity index (χ0v) is 11.3. The maximum atomic E-state index is 12.5. The van der Waals surface area contributed by atoms with Crippen LogP contribution in [0.15, 0.2) is 36.8 Å². The minimum atomic E-state index is -0.138.